The summed E-state index contributed by atoms with van der Waals surface area (Å²) in [5.41, 5.74) is 1.34. The third kappa shape index (κ3) is 7.08. The Morgan fingerprint density at radius 2 is 1.89 bits per heavy atom. The van der Waals surface area contributed by atoms with Crippen LogP contribution in [-0.2, 0) is 14.2 Å². The highest BCUT2D eigenvalue weighted by molar-refractivity contribution is 7.07. The SMILES string of the molecule is COCCOCCOCCNC(C)c1ccsc1. The van der Waals surface area contributed by atoms with Crippen LogP contribution in [0.5, 0.6) is 0 Å². The summed E-state index contributed by atoms with van der Waals surface area (Å²) in [7, 11) is 1.67. The molecule has 1 aromatic heterocycles. The minimum atomic E-state index is 0.387. The fraction of sp³-hybridized carbons (Fsp3) is 0.692. The van der Waals surface area contributed by atoms with Gasteiger partial charge in [0.25, 0.3) is 0 Å². The van der Waals surface area contributed by atoms with E-state index >= 15 is 0 Å². The van der Waals surface area contributed by atoms with Crippen LogP contribution < -0.4 is 5.32 Å². The average Bonchev–Trinajstić information content (AvgIpc) is 2.90. The Balaban J connectivity index is 1.87. The summed E-state index contributed by atoms with van der Waals surface area (Å²) < 4.78 is 15.6. The number of ether oxygens (including phenoxy) is 3. The fourth-order valence-corrected chi connectivity index (χ4v) is 2.21. The van der Waals surface area contributed by atoms with Gasteiger partial charge in [0, 0.05) is 19.7 Å². The van der Waals surface area contributed by atoms with Crippen LogP contribution in [0.3, 0.4) is 0 Å². The first-order chi connectivity index (χ1) is 8.84. The number of nitrogens with one attached hydrogen (secondary N) is 1. The van der Waals surface area contributed by atoms with Crippen LogP contribution >= 0.6 is 11.3 Å². The van der Waals surface area contributed by atoms with Crippen LogP contribution in [0.15, 0.2) is 16.8 Å². The molecule has 1 unspecified atom stereocenters. The summed E-state index contributed by atoms with van der Waals surface area (Å²) in [5, 5.41) is 7.68. The summed E-state index contributed by atoms with van der Waals surface area (Å²) in [6.07, 6.45) is 0. The third-order valence-corrected chi connectivity index (χ3v) is 3.25. The van der Waals surface area contributed by atoms with E-state index in [0.29, 0.717) is 39.1 Å². The maximum atomic E-state index is 5.46. The predicted octanol–water partition coefficient (Wildman–Crippen LogP) is 2.08. The second kappa shape index (κ2) is 10.5. The van der Waals surface area contributed by atoms with Gasteiger partial charge in [-0.2, -0.15) is 11.3 Å². The van der Waals surface area contributed by atoms with E-state index in [4.69, 9.17) is 14.2 Å². The maximum absolute atomic E-state index is 5.46. The van der Waals surface area contributed by atoms with Gasteiger partial charge in [-0.05, 0) is 29.3 Å². The van der Waals surface area contributed by atoms with Crippen LogP contribution in [-0.4, -0.2) is 46.7 Å². The predicted molar refractivity (Wildman–Crippen MR) is 74.3 cm³/mol. The molecule has 0 aliphatic carbocycles. The van der Waals surface area contributed by atoms with Crippen molar-refractivity contribution in [1.29, 1.82) is 0 Å². The molecule has 1 atom stereocenters. The first-order valence-electron chi connectivity index (χ1n) is 6.24. The lowest BCUT2D eigenvalue weighted by Crippen LogP contribution is -2.23. The van der Waals surface area contributed by atoms with Gasteiger partial charge in [0.05, 0.1) is 33.0 Å². The van der Waals surface area contributed by atoms with Gasteiger partial charge < -0.3 is 19.5 Å². The molecule has 5 heteroatoms. The average molecular weight is 273 g/mol. The summed E-state index contributed by atoms with van der Waals surface area (Å²) in [6.45, 7) is 6.27. The van der Waals surface area contributed by atoms with Gasteiger partial charge in [-0.15, -0.1) is 0 Å². The van der Waals surface area contributed by atoms with Crippen molar-refractivity contribution in [2.45, 2.75) is 13.0 Å². The Labute approximate surface area is 113 Å². The van der Waals surface area contributed by atoms with Crippen molar-refractivity contribution >= 4 is 11.3 Å². The smallest absolute Gasteiger partial charge is 0.0701 e. The fourth-order valence-electron chi connectivity index (χ4n) is 1.45. The van der Waals surface area contributed by atoms with E-state index in [-0.39, 0.29) is 0 Å². The highest BCUT2D eigenvalue weighted by Crippen LogP contribution is 2.14. The van der Waals surface area contributed by atoms with Crippen molar-refractivity contribution in [3.63, 3.8) is 0 Å². The number of hydrogen-bond acceptors (Lipinski definition) is 5. The van der Waals surface area contributed by atoms with E-state index in [1.165, 1.54) is 5.56 Å². The molecule has 0 radical (unpaired) electrons. The molecule has 4 nitrogen and oxygen atoms in total. The lowest BCUT2D eigenvalue weighted by Gasteiger charge is -2.12. The number of methoxy groups -OCH3 is 1. The van der Waals surface area contributed by atoms with Gasteiger partial charge in [0.2, 0.25) is 0 Å². The van der Waals surface area contributed by atoms with E-state index in [1.807, 2.05) is 0 Å². The molecule has 0 saturated heterocycles. The van der Waals surface area contributed by atoms with Gasteiger partial charge >= 0.3 is 0 Å². The van der Waals surface area contributed by atoms with Crippen LogP contribution in [0.4, 0.5) is 0 Å². The van der Waals surface area contributed by atoms with Crippen molar-refractivity contribution in [1.82, 2.24) is 5.32 Å². The number of thiophene rings is 1. The summed E-state index contributed by atoms with van der Waals surface area (Å²) >= 11 is 1.73. The first-order valence-corrected chi connectivity index (χ1v) is 7.18. The van der Waals surface area contributed by atoms with E-state index < -0.39 is 0 Å². The van der Waals surface area contributed by atoms with E-state index in [0.717, 1.165) is 6.54 Å². The van der Waals surface area contributed by atoms with E-state index in [2.05, 4.69) is 29.1 Å². The molecule has 1 aromatic rings. The summed E-state index contributed by atoms with van der Waals surface area (Å²) in [4.78, 5) is 0. The first kappa shape index (κ1) is 15.6. The van der Waals surface area contributed by atoms with E-state index in [1.54, 1.807) is 18.4 Å². The molecule has 0 bridgehead atoms. The molecule has 0 spiro atoms. The molecule has 1 heterocycles. The van der Waals surface area contributed by atoms with Gasteiger partial charge in [-0.25, -0.2) is 0 Å². The van der Waals surface area contributed by atoms with Gasteiger partial charge in [0.1, 0.15) is 0 Å². The van der Waals surface area contributed by atoms with Gasteiger partial charge in [0.15, 0.2) is 0 Å². The Morgan fingerprint density at radius 1 is 1.17 bits per heavy atom. The zero-order valence-electron chi connectivity index (χ0n) is 11.2. The molecule has 0 aliphatic heterocycles. The normalized spacial score (nSPS) is 12.8. The zero-order chi connectivity index (χ0) is 13.1. The standard InChI is InChI=1S/C13H23NO3S/c1-12(13-3-10-18-11-13)14-4-5-16-8-9-17-7-6-15-2/h3,10-12,14H,4-9H2,1-2H3. The summed E-state index contributed by atoms with van der Waals surface area (Å²) in [5.74, 6) is 0. The largest absolute Gasteiger partial charge is 0.382 e. The highest BCUT2D eigenvalue weighted by atomic mass is 32.1. The second-order valence-corrected chi connectivity index (χ2v) is 4.73. The van der Waals surface area contributed by atoms with Crippen molar-refractivity contribution < 1.29 is 14.2 Å². The van der Waals surface area contributed by atoms with Crippen LogP contribution in [0.1, 0.15) is 18.5 Å². The second-order valence-electron chi connectivity index (χ2n) is 3.95. The van der Waals surface area contributed by atoms with Gasteiger partial charge in [-0.1, -0.05) is 0 Å². The molecule has 0 fully saturated rings. The van der Waals surface area contributed by atoms with Crippen molar-refractivity contribution in [3.8, 4) is 0 Å². The molecule has 0 amide bonds. The Kier molecular flexibility index (Phi) is 9.06. The molecule has 104 valence electrons. The maximum Gasteiger partial charge on any atom is 0.0701 e. The quantitative estimate of drug-likeness (QED) is 0.627. The lowest BCUT2D eigenvalue weighted by atomic mass is 10.2. The van der Waals surface area contributed by atoms with Crippen LogP contribution in [0.25, 0.3) is 0 Å². The van der Waals surface area contributed by atoms with Crippen molar-refractivity contribution in [2.75, 3.05) is 46.7 Å². The Morgan fingerprint density at radius 3 is 2.56 bits per heavy atom. The Bertz CT molecular complexity index is 280. The van der Waals surface area contributed by atoms with E-state index in [9.17, 15) is 0 Å². The van der Waals surface area contributed by atoms with Gasteiger partial charge in [-0.3, -0.25) is 0 Å². The number of rotatable bonds is 11. The topological polar surface area (TPSA) is 39.7 Å². The molecule has 0 aliphatic rings. The number of hydrogen-bond donors (Lipinski definition) is 1. The molecule has 0 aromatic carbocycles. The molecule has 1 N–H and O–H groups in total. The van der Waals surface area contributed by atoms with Crippen LogP contribution in [0, 0.1) is 0 Å². The highest BCUT2D eigenvalue weighted by Gasteiger charge is 2.03. The minimum Gasteiger partial charge on any atom is -0.382 e. The van der Waals surface area contributed by atoms with Crippen molar-refractivity contribution in [2.24, 2.45) is 0 Å². The molecule has 1 rings (SSSR count). The molecule has 0 saturated carbocycles. The van der Waals surface area contributed by atoms with Crippen molar-refractivity contribution in [3.05, 3.63) is 22.4 Å². The molecular formula is C13H23NO3S. The third-order valence-electron chi connectivity index (χ3n) is 2.54. The zero-order valence-corrected chi connectivity index (χ0v) is 12.0. The molecule has 18 heavy (non-hydrogen) atoms. The van der Waals surface area contributed by atoms with Crippen LogP contribution in [0.2, 0.25) is 0 Å². The lowest BCUT2D eigenvalue weighted by molar-refractivity contribution is 0.0253. The minimum absolute atomic E-state index is 0.387. The summed E-state index contributed by atoms with van der Waals surface area (Å²) in [6, 6.07) is 2.53. The monoisotopic (exact) mass is 273 g/mol. The Hall–Kier alpha value is -0.460. The molecular weight excluding hydrogens is 250 g/mol.